The van der Waals surface area contributed by atoms with Gasteiger partial charge in [-0.2, -0.15) is 13.2 Å². The molecule has 0 atom stereocenters. The van der Waals surface area contributed by atoms with E-state index < -0.39 is 17.7 Å². The Balaban J connectivity index is 2.22. The van der Waals surface area contributed by atoms with Crippen LogP contribution in [0.2, 0.25) is 0 Å². The fourth-order valence-corrected chi connectivity index (χ4v) is 2.82. The molecular weight excluding hydrogens is 347 g/mol. The highest BCUT2D eigenvalue weighted by Crippen LogP contribution is 2.36. The maximum Gasteiger partial charge on any atom is 0.416 e. The van der Waals surface area contributed by atoms with Gasteiger partial charge in [-0.15, -0.1) is 0 Å². The zero-order valence-corrected chi connectivity index (χ0v) is 13.9. The molecule has 7 heteroatoms. The number of halogens is 3. The Hall–Kier alpha value is -3.09. The van der Waals surface area contributed by atoms with Gasteiger partial charge in [-0.25, -0.2) is 9.78 Å². The fourth-order valence-electron chi connectivity index (χ4n) is 2.82. The molecule has 3 aromatic rings. The minimum Gasteiger partial charge on any atom is -0.496 e. The molecular formula is C19H14F3NO3. The van der Waals surface area contributed by atoms with Crippen LogP contribution < -0.4 is 4.74 Å². The number of carbonyl (C=O) groups is 1. The number of aromatic nitrogens is 1. The number of alkyl halides is 3. The number of rotatable bonds is 3. The number of fused-ring (bicyclic) bond motifs is 1. The van der Waals surface area contributed by atoms with Crippen LogP contribution in [-0.2, 0) is 6.18 Å². The summed E-state index contributed by atoms with van der Waals surface area (Å²) in [6.07, 6.45) is -4.42. The Bertz CT molecular complexity index is 996. The number of aromatic carboxylic acids is 1. The molecule has 1 aromatic heterocycles. The first-order chi connectivity index (χ1) is 12.2. The molecule has 26 heavy (non-hydrogen) atoms. The van der Waals surface area contributed by atoms with Crippen molar-refractivity contribution in [3.05, 3.63) is 59.2 Å². The number of pyridine rings is 1. The predicted octanol–water partition coefficient (Wildman–Crippen LogP) is 4.94. The first-order valence-electron chi connectivity index (χ1n) is 7.61. The smallest absolute Gasteiger partial charge is 0.416 e. The van der Waals surface area contributed by atoms with Gasteiger partial charge < -0.3 is 9.84 Å². The maximum absolute atomic E-state index is 12.8. The number of methoxy groups -OCH3 is 1. The van der Waals surface area contributed by atoms with Gasteiger partial charge in [0.1, 0.15) is 5.75 Å². The maximum atomic E-state index is 12.8. The van der Waals surface area contributed by atoms with Crippen molar-refractivity contribution in [2.24, 2.45) is 0 Å². The van der Waals surface area contributed by atoms with E-state index in [9.17, 15) is 18.0 Å². The number of carboxylic acid groups (broad SMARTS) is 1. The molecule has 0 spiro atoms. The fraction of sp³-hybridized carbons (Fsp3) is 0.158. The van der Waals surface area contributed by atoms with E-state index in [0.29, 0.717) is 33.5 Å². The monoisotopic (exact) mass is 361 g/mol. The summed E-state index contributed by atoms with van der Waals surface area (Å²) in [5, 5.41) is 9.78. The SMILES string of the molecule is COc1c(C)c(-c2ccc(C(F)(F)F)cc2)nc2cc(C(=O)O)ccc12. The molecule has 0 saturated heterocycles. The van der Waals surface area contributed by atoms with Gasteiger partial charge in [0.15, 0.2) is 0 Å². The summed E-state index contributed by atoms with van der Waals surface area (Å²) in [6, 6.07) is 9.12. The van der Waals surface area contributed by atoms with Crippen LogP contribution in [0.4, 0.5) is 13.2 Å². The molecule has 1 heterocycles. The summed E-state index contributed by atoms with van der Waals surface area (Å²) in [4.78, 5) is 15.7. The Labute approximate surface area is 146 Å². The summed E-state index contributed by atoms with van der Waals surface area (Å²) in [6.45, 7) is 1.75. The highest BCUT2D eigenvalue weighted by atomic mass is 19.4. The molecule has 3 rings (SSSR count). The van der Waals surface area contributed by atoms with Crippen molar-refractivity contribution in [2.75, 3.05) is 7.11 Å². The predicted molar refractivity (Wildman–Crippen MR) is 90.4 cm³/mol. The summed E-state index contributed by atoms with van der Waals surface area (Å²) in [5.74, 6) is -0.592. The molecule has 0 amide bonds. The molecule has 0 radical (unpaired) electrons. The van der Waals surface area contributed by atoms with Crippen LogP contribution >= 0.6 is 0 Å². The number of carboxylic acids is 1. The molecule has 0 aliphatic carbocycles. The Kier molecular flexibility index (Phi) is 4.31. The van der Waals surface area contributed by atoms with Crippen LogP contribution in [0.15, 0.2) is 42.5 Å². The first kappa shape index (κ1) is 17.7. The highest BCUT2D eigenvalue weighted by molar-refractivity contribution is 5.96. The molecule has 0 unspecified atom stereocenters. The summed E-state index contributed by atoms with van der Waals surface area (Å²) >= 11 is 0. The summed E-state index contributed by atoms with van der Waals surface area (Å²) in [7, 11) is 1.48. The Morgan fingerprint density at radius 1 is 1.12 bits per heavy atom. The van der Waals surface area contributed by atoms with E-state index in [1.54, 1.807) is 13.0 Å². The molecule has 0 aliphatic heterocycles. The van der Waals surface area contributed by atoms with E-state index in [2.05, 4.69) is 4.98 Å². The number of hydrogen-bond acceptors (Lipinski definition) is 3. The minimum absolute atomic E-state index is 0.0641. The molecule has 2 aromatic carbocycles. The van der Waals surface area contributed by atoms with Crippen molar-refractivity contribution in [1.29, 1.82) is 0 Å². The van der Waals surface area contributed by atoms with Gasteiger partial charge in [0.25, 0.3) is 0 Å². The van der Waals surface area contributed by atoms with Crippen molar-refractivity contribution in [3.63, 3.8) is 0 Å². The van der Waals surface area contributed by atoms with Crippen molar-refractivity contribution < 1.29 is 27.8 Å². The topological polar surface area (TPSA) is 59.4 Å². The zero-order valence-electron chi connectivity index (χ0n) is 13.9. The third-order valence-electron chi connectivity index (χ3n) is 4.11. The van der Waals surface area contributed by atoms with Gasteiger partial charge in [-0.1, -0.05) is 12.1 Å². The Morgan fingerprint density at radius 2 is 1.77 bits per heavy atom. The largest absolute Gasteiger partial charge is 0.496 e. The van der Waals surface area contributed by atoms with E-state index in [1.165, 1.54) is 31.4 Å². The second-order valence-electron chi connectivity index (χ2n) is 5.73. The molecule has 0 saturated carbocycles. The summed E-state index contributed by atoms with van der Waals surface area (Å²) < 4.78 is 43.7. The normalized spacial score (nSPS) is 11.6. The highest BCUT2D eigenvalue weighted by Gasteiger charge is 2.30. The molecule has 134 valence electrons. The van der Waals surface area contributed by atoms with E-state index >= 15 is 0 Å². The van der Waals surface area contributed by atoms with Crippen molar-refractivity contribution in [2.45, 2.75) is 13.1 Å². The van der Waals surface area contributed by atoms with Crippen LogP contribution in [0.5, 0.6) is 5.75 Å². The molecule has 0 bridgehead atoms. The van der Waals surface area contributed by atoms with E-state index in [4.69, 9.17) is 9.84 Å². The average molecular weight is 361 g/mol. The van der Waals surface area contributed by atoms with Gasteiger partial charge >= 0.3 is 12.1 Å². The van der Waals surface area contributed by atoms with Gasteiger partial charge in [0.05, 0.1) is 29.4 Å². The Morgan fingerprint density at radius 3 is 2.31 bits per heavy atom. The lowest BCUT2D eigenvalue weighted by Gasteiger charge is -2.14. The van der Waals surface area contributed by atoms with Crippen LogP contribution in [0.3, 0.4) is 0 Å². The quantitative estimate of drug-likeness (QED) is 0.718. The lowest BCUT2D eigenvalue weighted by Crippen LogP contribution is -2.04. The van der Waals surface area contributed by atoms with Crippen LogP contribution in [0.25, 0.3) is 22.2 Å². The minimum atomic E-state index is -4.42. The third kappa shape index (κ3) is 3.08. The van der Waals surface area contributed by atoms with Gasteiger partial charge in [-0.3, -0.25) is 0 Å². The number of hydrogen-bond donors (Lipinski definition) is 1. The molecule has 0 fully saturated rings. The van der Waals surface area contributed by atoms with Crippen LogP contribution in [-0.4, -0.2) is 23.2 Å². The van der Waals surface area contributed by atoms with Crippen molar-refractivity contribution >= 4 is 16.9 Å². The van der Waals surface area contributed by atoms with Crippen molar-refractivity contribution in [1.82, 2.24) is 4.98 Å². The van der Waals surface area contributed by atoms with Gasteiger partial charge in [0.2, 0.25) is 0 Å². The molecule has 1 N–H and O–H groups in total. The number of benzene rings is 2. The number of nitrogens with zero attached hydrogens (tertiary/aromatic N) is 1. The average Bonchev–Trinajstić information content (AvgIpc) is 2.60. The van der Waals surface area contributed by atoms with Crippen LogP contribution in [0.1, 0.15) is 21.5 Å². The summed E-state index contributed by atoms with van der Waals surface area (Å²) in [5.41, 5.74) is 1.28. The van der Waals surface area contributed by atoms with E-state index in [-0.39, 0.29) is 5.56 Å². The van der Waals surface area contributed by atoms with E-state index in [0.717, 1.165) is 12.1 Å². The standard InChI is InChI=1S/C19H14F3NO3/c1-10-16(11-3-6-13(7-4-11)19(20,21)22)23-15-9-12(18(24)25)5-8-14(15)17(10)26-2/h3-9H,1-2H3,(H,24,25). The second-order valence-corrected chi connectivity index (χ2v) is 5.73. The second kappa shape index (κ2) is 6.33. The lowest BCUT2D eigenvalue weighted by molar-refractivity contribution is -0.137. The van der Waals surface area contributed by atoms with Gasteiger partial charge in [-0.05, 0) is 37.3 Å². The number of ether oxygens (including phenoxy) is 1. The van der Waals surface area contributed by atoms with Crippen molar-refractivity contribution in [3.8, 4) is 17.0 Å². The third-order valence-corrected chi connectivity index (χ3v) is 4.11. The van der Waals surface area contributed by atoms with Crippen LogP contribution in [0, 0.1) is 6.92 Å². The molecule has 4 nitrogen and oxygen atoms in total. The zero-order chi connectivity index (χ0) is 19.1. The van der Waals surface area contributed by atoms with Gasteiger partial charge in [0, 0.05) is 16.5 Å². The van der Waals surface area contributed by atoms with E-state index in [1.807, 2.05) is 0 Å². The molecule has 0 aliphatic rings. The lowest BCUT2D eigenvalue weighted by atomic mass is 10.0. The first-order valence-corrected chi connectivity index (χ1v) is 7.61.